The molecule has 1 aromatic rings. The van der Waals surface area contributed by atoms with Gasteiger partial charge in [0, 0.05) is 5.56 Å². The second-order valence-corrected chi connectivity index (χ2v) is 4.79. The van der Waals surface area contributed by atoms with Gasteiger partial charge < -0.3 is 4.74 Å². The van der Waals surface area contributed by atoms with Crippen LogP contribution in [0, 0.1) is 6.92 Å². The predicted octanol–water partition coefficient (Wildman–Crippen LogP) is 4.20. The Hall–Kier alpha value is -1.24. The largest absolute Gasteiger partial charge is 0.465 e. The molecule has 0 heterocycles. The van der Waals surface area contributed by atoms with E-state index in [9.17, 15) is 0 Å². The summed E-state index contributed by atoms with van der Waals surface area (Å²) in [7, 11) is 0. The molecule has 1 nitrogen and oxygen atoms in total. The number of hydrogen-bond acceptors (Lipinski definition) is 1. The van der Waals surface area contributed by atoms with Crippen LogP contribution >= 0.6 is 0 Å². The molecule has 0 aliphatic carbocycles. The molecule has 1 aromatic carbocycles. The first-order valence-electron chi connectivity index (χ1n) is 5.34. The van der Waals surface area contributed by atoms with Crippen LogP contribution in [0.4, 0.5) is 0 Å². The lowest BCUT2D eigenvalue weighted by atomic mass is 9.85. The average Bonchev–Trinajstić information content (AvgIpc) is 2.14. The fourth-order valence-corrected chi connectivity index (χ4v) is 1.54. The van der Waals surface area contributed by atoms with Gasteiger partial charge in [0.05, 0.1) is 6.26 Å². The first kappa shape index (κ1) is 11.8. The summed E-state index contributed by atoms with van der Waals surface area (Å²) in [6, 6.07) is 6.29. The Kier molecular flexibility index (Phi) is 3.57. The van der Waals surface area contributed by atoms with Gasteiger partial charge in [-0.15, -0.1) is 0 Å². The van der Waals surface area contributed by atoms with Crippen molar-refractivity contribution in [1.82, 2.24) is 0 Å². The van der Waals surface area contributed by atoms with Crippen LogP contribution in [0.15, 0.2) is 30.5 Å². The molecule has 0 aliphatic heterocycles. The number of rotatable bonds is 2. The van der Waals surface area contributed by atoms with Crippen LogP contribution in [0.3, 0.4) is 0 Å². The molecule has 0 saturated heterocycles. The van der Waals surface area contributed by atoms with E-state index in [0.29, 0.717) is 0 Å². The molecule has 0 aliphatic rings. The summed E-state index contributed by atoms with van der Waals surface area (Å²) in [5.74, 6) is 0.989. The van der Waals surface area contributed by atoms with E-state index in [4.69, 9.17) is 4.74 Å². The number of benzene rings is 1. The van der Waals surface area contributed by atoms with Crippen LogP contribution in [0.1, 0.15) is 38.8 Å². The highest BCUT2D eigenvalue weighted by molar-refractivity contribution is 5.44. The maximum absolute atomic E-state index is 5.66. The van der Waals surface area contributed by atoms with Gasteiger partial charge in [0.25, 0.3) is 0 Å². The van der Waals surface area contributed by atoms with Crippen LogP contribution < -0.4 is 4.74 Å². The number of allylic oxidation sites excluding steroid dienone is 1. The quantitative estimate of drug-likeness (QED) is 0.656. The average molecular weight is 204 g/mol. The minimum atomic E-state index is 0.114. The maximum Gasteiger partial charge on any atom is 0.133 e. The van der Waals surface area contributed by atoms with Crippen LogP contribution in [0.5, 0.6) is 5.75 Å². The first-order valence-corrected chi connectivity index (χ1v) is 5.34. The molecule has 0 amide bonds. The van der Waals surface area contributed by atoms with Gasteiger partial charge in [-0.3, -0.25) is 0 Å². The van der Waals surface area contributed by atoms with Crippen molar-refractivity contribution in [3.8, 4) is 5.75 Å². The van der Waals surface area contributed by atoms with Crippen molar-refractivity contribution in [2.75, 3.05) is 0 Å². The third kappa shape index (κ3) is 2.85. The van der Waals surface area contributed by atoms with Crippen LogP contribution in [0.25, 0.3) is 0 Å². The van der Waals surface area contributed by atoms with E-state index >= 15 is 0 Å². The topological polar surface area (TPSA) is 9.23 Å². The number of para-hydroxylation sites is 1. The third-order valence-electron chi connectivity index (χ3n) is 2.34. The van der Waals surface area contributed by atoms with Crippen LogP contribution in [-0.4, -0.2) is 0 Å². The number of ether oxygens (including phenoxy) is 1. The molecule has 1 heteroatoms. The summed E-state index contributed by atoms with van der Waals surface area (Å²) in [6.07, 6.45) is 3.64. The fraction of sp³-hybridized carbons (Fsp3) is 0.429. The second kappa shape index (κ2) is 4.52. The van der Waals surface area contributed by atoms with Crippen LogP contribution in [-0.2, 0) is 5.41 Å². The van der Waals surface area contributed by atoms with E-state index in [0.717, 1.165) is 5.75 Å². The Balaban J connectivity index is 3.20. The molecule has 0 bridgehead atoms. The molecule has 1 rings (SSSR count). The Bertz CT molecular complexity index is 356. The van der Waals surface area contributed by atoms with Gasteiger partial charge in [0.15, 0.2) is 0 Å². The summed E-state index contributed by atoms with van der Waals surface area (Å²) < 4.78 is 5.66. The summed E-state index contributed by atoms with van der Waals surface area (Å²) in [4.78, 5) is 0. The van der Waals surface area contributed by atoms with E-state index in [1.165, 1.54) is 11.1 Å². The Morgan fingerprint density at radius 3 is 2.40 bits per heavy atom. The van der Waals surface area contributed by atoms with Gasteiger partial charge >= 0.3 is 0 Å². The van der Waals surface area contributed by atoms with Crippen molar-refractivity contribution < 1.29 is 4.74 Å². The second-order valence-electron chi connectivity index (χ2n) is 4.79. The van der Waals surface area contributed by atoms with Gasteiger partial charge in [-0.2, -0.15) is 0 Å². The monoisotopic (exact) mass is 204 g/mol. The van der Waals surface area contributed by atoms with Gasteiger partial charge in [-0.05, 0) is 24.8 Å². The summed E-state index contributed by atoms with van der Waals surface area (Å²) in [5.41, 5.74) is 2.55. The number of aryl methyl sites for hydroxylation is 1. The molecule has 0 N–H and O–H groups in total. The Morgan fingerprint density at radius 1 is 1.20 bits per heavy atom. The molecule has 0 radical (unpaired) electrons. The lowest BCUT2D eigenvalue weighted by Crippen LogP contribution is -2.13. The highest BCUT2D eigenvalue weighted by Gasteiger charge is 2.19. The lowest BCUT2D eigenvalue weighted by molar-refractivity contribution is 0.449. The maximum atomic E-state index is 5.66. The molecule has 0 unspecified atom stereocenters. The van der Waals surface area contributed by atoms with Crippen LogP contribution in [0.2, 0.25) is 0 Å². The minimum Gasteiger partial charge on any atom is -0.465 e. The molecule has 0 atom stereocenters. The zero-order valence-electron chi connectivity index (χ0n) is 10.3. The normalized spacial score (nSPS) is 12.1. The van der Waals surface area contributed by atoms with E-state index < -0.39 is 0 Å². The summed E-state index contributed by atoms with van der Waals surface area (Å²) in [6.45, 7) is 10.6. The molecule has 0 spiro atoms. The van der Waals surface area contributed by atoms with Gasteiger partial charge in [0.2, 0.25) is 0 Å². The Labute approximate surface area is 92.8 Å². The molecule has 15 heavy (non-hydrogen) atoms. The van der Waals surface area contributed by atoms with Crippen molar-refractivity contribution in [2.24, 2.45) is 0 Å². The highest BCUT2D eigenvalue weighted by Crippen LogP contribution is 2.33. The van der Waals surface area contributed by atoms with E-state index in [2.05, 4.69) is 45.9 Å². The van der Waals surface area contributed by atoms with Crippen molar-refractivity contribution in [2.45, 2.75) is 40.0 Å². The molecular formula is C14H20O. The van der Waals surface area contributed by atoms with Crippen molar-refractivity contribution >= 4 is 0 Å². The van der Waals surface area contributed by atoms with Crippen molar-refractivity contribution in [3.05, 3.63) is 41.7 Å². The van der Waals surface area contributed by atoms with Gasteiger partial charge in [-0.25, -0.2) is 0 Å². The van der Waals surface area contributed by atoms with E-state index in [1.54, 1.807) is 6.26 Å². The third-order valence-corrected chi connectivity index (χ3v) is 2.34. The summed E-state index contributed by atoms with van der Waals surface area (Å²) >= 11 is 0. The van der Waals surface area contributed by atoms with Crippen molar-refractivity contribution in [3.63, 3.8) is 0 Å². The molecule has 0 saturated carbocycles. The zero-order chi connectivity index (χ0) is 11.5. The first-order chi connectivity index (χ1) is 6.96. The smallest absolute Gasteiger partial charge is 0.133 e. The number of hydrogen-bond donors (Lipinski definition) is 0. The molecule has 0 aromatic heterocycles. The Morgan fingerprint density at radius 2 is 1.87 bits per heavy atom. The fourth-order valence-electron chi connectivity index (χ4n) is 1.54. The summed E-state index contributed by atoms with van der Waals surface area (Å²) in [5, 5.41) is 0. The minimum absolute atomic E-state index is 0.114. The zero-order valence-corrected chi connectivity index (χ0v) is 10.3. The van der Waals surface area contributed by atoms with E-state index in [1.807, 2.05) is 13.0 Å². The molecular weight excluding hydrogens is 184 g/mol. The van der Waals surface area contributed by atoms with Gasteiger partial charge in [-0.1, -0.05) is 45.0 Å². The molecule has 82 valence electrons. The predicted molar refractivity (Wildman–Crippen MR) is 65.3 cm³/mol. The van der Waals surface area contributed by atoms with Gasteiger partial charge in [0.1, 0.15) is 5.75 Å². The van der Waals surface area contributed by atoms with Crippen molar-refractivity contribution in [1.29, 1.82) is 0 Å². The van der Waals surface area contributed by atoms with E-state index in [-0.39, 0.29) is 5.41 Å². The SMILES string of the molecule is C/C=C\Oc1c(C)cccc1C(C)(C)C. The lowest BCUT2D eigenvalue weighted by Gasteiger charge is -2.23. The highest BCUT2D eigenvalue weighted by atomic mass is 16.5. The standard InChI is InChI=1S/C14H20O/c1-6-10-15-13-11(2)8-7-9-12(13)14(3,4)5/h6-10H,1-5H3/b10-6-. The molecule has 0 fully saturated rings.